The number of hydrogen-bond donors (Lipinski definition) is 2. The number of likely N-dealkylation sites (N-methyl/N-ethyl adjacent to an activating group) is 1. The van der Waals surface area contributed by atoms with Crippen LogP contribution in [0.1, 0.15) is 20.3 Å². The van der Waals surface area contributed by atoms with Gasteiger partial charge in [0.15, 0.2) is 0 Å². The fraction of sp³-hybridized carbons (Fsp3) is 0.857. The van der Waals surface area contributed by atoms with Gasteiger partial charge in [-0.15, -0.1) is 0 Å². The zero-order valence-corrected chi connectivity index (χ0v) is 6.72. The second-order valence-corrected chi connectivity index (χ2v) is 2.49. The van der Waals surface area contributed by atoms with E-state index in [9.17, 15) is 4.79 Å². The van der Waals surface area contributed by atoms with Crippen molar-refractivity contribution in [2.24, 2.45) is 5.92 Å². The third-order valence-electron chi connectivity index (χ3n) is 1.79. The van der Waals surface area contributed by atoms with Crippen LogP contribution in [0.25, 0.3) is 0 Å². The summed E-state index contributed by atoms with van der Waals surface area (Å²) in [5.41, 5.74) is 0. The van der Waals surface area contributed by atoms with Gasteiger partial charge in [0.05, 0.1) is 0 Å². The van der Waals surface area contributed by atoms with Crippen molar-refractivity contribution in [1.29, 1.82) is 0 Å². The van der Waals surface area contributed by atoms with Crippen LogP contribution in [0.5, 0.6) is 0 Å². The van der Waals surface area contributed by atoms with Crippen molar-refractivity contribution in [3.63, 3.8) is 0 Å². The first-order chi connectivity index (χ1) is 4.63. The van der Waals surface area contributed by atoms with E-state index in [-0.39, 0.29) is 5.92 Å². The second kappa shape index (κ2) is 4.28. The van der Waals surface area contributed by atoms with Crippen LogP contribution in [0.15, 0.2) is 0 Å². The largest absolute Gasteiger partial charge is 0.480 e. The molecule has 0 aromatic heterocycles. The van der Waals surface area contributed by atoms with Crippen molar-refractivity contribution in [3.8, 4) is 0 Å². The maximum absolute atomic E-state index is 10.5. The topological polar surface area (TPSA) is 49.3 Å². The van der Waals surface area contributed by atoms with E-state index in [1.54, 1.807) is 7.05 Å². The van der Waals surface area contributed by atoms with E-state index in [4.69, 9.17) is 5.11 Å². The zero-order chi connectivity index (χ0) is 8.15. The number of aliphatic carboxylic acids is 1. The van der Waals surface area contributed by atoms with Crippen molar-refractivity contribution in [2.45, 2.75) is 26.3 Å². The molecule has 0 aliphatic heterocycles. The van der Waals surface area contributed by atoms with Gasteiger partial charge < -0.3 is 10.4 Å². The van der Waals surface area contributed by atoms with Gasteiger partial charge in [-0.2, -0.15) is 0 Å². The lowest BCUT2D eigenvalue weighted by molar-refractivity contribution is -0.140. The second-order valence-electron chi connectivity index (χ2n) is 2.49. The summed E-state index contributed by atoms with van der Waals surface area (Å²) in [4.78, 5) is 10.5. The van der Waals surface area contributed by atoms with Gasteiger partial charge in [0.1, 0.15) is 6.04 Å². The van der Waals surface area contributed by atoms with Crippen molar-refractivity contribution in [3.05, 3.63) is 0 Å². The van der Waals surface area contributed by atoms with E-state index < -0.39 is 12.0 Å². The third-order valence-corrected chi connectivity index (χ3v) is 1.79. The highest BCUT2D eigenvalue weighted by Crippen LogP contribution is 2.06. The number of rotatable bonds is 4. The van der Waals surface area contributed by atoms with Gasteiger partial charge in [-0.1, -0.05) is 20.3 Å². The Morgan fingerprint density at radius 2 is 2.20 bits per heavy atom. The van der Waals surface area contributed by atoms with E-state index in [0.717, 1.165) is 6.42 Å². The molecule has 0 radical (unpaired) electrons. The molecule has 0 fully saturated rings. The average molecular weight is 145 g/mol. The fourth-order valence-electron chi connectivity index (χ4n) is 0.887. The van der Waals surface area contributed by atoms with Crippen molar-refractivity contribution in [2.75, 3.05) is 7.05 Å². The SMILES string of the molecule is CC[C@@H](C)[C@H](NC)C(=O)O. The summed E-state index contributed by atoms with van der Waals surface area (Å²) in [5.74, 6) is -0.570. The molecule has 60 valence electrons. The number of nitrogens with one attached hydrogen (secondary N) is 1. The summed E-state index contributed by atoms with van der Waals surface area (Å²) in [6.45, 7) is 3.91. The summed E-state index contributed by atoms with van der Waals surface area (Å²) < 4.78 is 0. The molecule has 0 bridgehead atoms. The summed E-state index contributed by atoms with van der Waals surface area (Å²) in [5, 5.41) is 11.4. The monoisotopic (exact) mass is 145 g/mol. The molecule has 0 rings (SSSR count). The molecule has 10 heavy (non-hydrogen) atoms. The van der Waals surface area contributed by atoms with Gasteiger partial charge in [0, 0.05) is 0 Å². The van der Waals surface area contributed by atoms with Gasteiger partial charge in [-0.25, -0.2) is 0 Å². The summed E-state index contributed by atoms with van der Waals surface area (Å²) in [7, 11) is 1.67. The van der Waals surface area contributed by atoms with Gasteiger partial charge in [0.25, 0.3) is 0 Å². The predicted molar refractivity (Wildman–Crippen MR) is 39.9 cm³/mol. The summed E-state index contributed by atoms with van der Waals surface area (Å²) >= 11 is 0. The van der Waals surface area contributed by atoms with E-state index in [0.29, 0.717) is 0 Å². The Hall–Kier alpha value is -0.570. The minimum atomic E-state index is -0.767. The molecule has 2 N–H and O–H groups in total. The van der Waals surface area contributed by atoms with E-state index in [2.05, 4.69) is 5.32 Å². The van der Waals surface area contributed by atoms with Crippen molar-refractivity contribution < 1.29 is 9.90 Å². The lowest BCUT2D eigenvalue weighted by atomic mass is 10.00. The fourth-order valence-corrected chi connectivity index (χ4v) is 0.887. The maximum Gasteiger partial charge on any atom is 0.320 e. The van der Waals surface area contributed by atoms with E-state index in [1.807, 2.05) is 13.8 Å². The lowest BCUT2D eigenvalue weighted by Gasteiger charge is -2.16. The summed E-state index contributed by atoms with van der Waals surface area (Å²) in [6, 6.07) is -0.398. The molecular weight excluding hydrogens is 130 g/mol. The number of carboxylic acid groups (broad SMARTS) is 1. The zero-order valence-electron chi connectivity index (χ0n) is 6.72. The first-order valence-corrected chi connectivity index (χ1v) is 3.53. The highest BCUT2D eigenvalue weighted by molar-refractivity contribution is 5.73. The molecule has 0 spiro atoms. The van der Waals surface area contributed by atoms with Crippen LogP contribution < -0.4 is 5.32 Å². The molecule has 0 aliphatic carbocycles. The molecule has 0 aromatic rings. The molecule has 0 saturated heterocycles. The highest BCUT2D eigenvalue weighted by Gasteiger charge is 2.20. The van der Waals surface area contributed by atoms with Gasteiger partial charge >= 0.3 is 5.97 Å². The highest BCUT2D eigenvalue weighted by atomic mass is 16.4. The Bertz CT molecular complexity index is 114. The molecule has 0 saturated carbocycles. The Morgan fingerprint density at radius 3 is 2.30 bits per heavy atom. The average Bonchev–Trinajstić information content (AvgIpc) is 1.88. The first kappa shape index (κ1) is 9.43. The predicted octanol–water partition coefficient (Wildman–Crippen LogP) is 0.705. The summed E-state index contributed by atoms with van der Waals surface area (Å²) in [6.07, 6.45) is 0.887. The van der Waals surface area contributed by atoms with Crippen LogP contribution in [-0.4, -0.2) is 24.2 Å². The standard InChI is InChI=1S/C7H15NO2/c1-4-5(2)6(8-3)7(9)10/h5-6,8H,4H2,1-3H3,(H,9,10)/t5-,6+/m1/s1. The molecule has 2 atom stereocenters. The molecule has 3 heteroatoms. The number of carbonyl (C=O) groups is 1. The van der Waals surface area contributed by atoms with Gasteiger partial charge in [0.2, 0.25) is 0 Å². The number of carboxylic acids is 1. The van der Waals surface area contributed by atoms with Crippen molar-refractivity contribution in [1.82, 2.24) is 5.32 Å². The Morgan fingerprint density at radius 1 is 1.70 bits per heavy atom. The first-order valence-electron chi connectivity index (χ1n) is 3.53. The third kappa shape index (κ3) is 2.35. The normalized spacial score (nSPS) is 16.3. The molecular formula is C7H15NO2. The van der Waals surface area contributed by atoms with Crippen LogP contribution in [0.2, 0.25) is 0 Å². The van der Waals surface area contributed by atoms with Crippen LogP contribution in [0.4, 0.5) is 0 Å². The smallest absolute Gasteiger partial charge is 0.320 e. The van der Waals surface area contributed by atoms with Crippen LogP contribution >= 0.6 is 0 Å². The minimum absolute atomic E-state index is 0.197. The molecule has 0 amide bonds. The number of hydrogen-bond acceptors (Lipinski definition) is 2. The molecule has 0 heterocycles. The van der Waals surface area contributed by atoms with Gasteiger partial charge in [-0.3, -0.25) is 4.79 Å². The molecule has 0 unspecified atom stereocenters. The van der Waals surface area contributed by atoms with Crippen LogP contribution in [0, 0.1) is 5.92 Å². The lowest BCUT2D eigenvalue weighted by Crippen LogP contribution is -2.39. The van der Waals surface area contributed by atoms with E-state index >= 15 is 0 Å². The van der Waals surface area contributed by atoms with E-state index in [1.165, 1.54) is 0 Å². The van der Waals surface area contributed by atoms with Crippen LogP contribution in [-0.2, 0) is 4.79 Å². The molecule has 3 nitrogen and oxygen atoms in total. The van der Waals surface area contributed by atoms with Crippen LogP contribution in [0.3, 0.4) is 0 Å². The van der Waals surface area contributed by atoms with Crippen molar-refractivity contribution >= 4 is 5.97 Å². The Balaban J connectivity index is 3.92. The molecule has 0 aliphatic rings. The quantitative estimate of drug-likeness (QED) is 0.612. The Kier molecular flexibility index (Phi) is 4.03. The molecule has 0 aromatic carbocycles. The maximum atomic E-state index is 10.5. The van der Waals surface area contributed by atoms with Gasteiger partial charge in [-0.05, 0) is 13.0 Å². The minimum Gasteiger partial charge on any atom is -0.480 e. The Labute approximate surface area is 61.4 Å².